The van der Waals surface area contributed by atoms with Crippen LogP contribution in [0.2, 0.25) is 0 Å². The van der Waals surface area contributed by atoms with E-state index < -0.39 is 23.8 Å². The zero-order valence-electron chi connectivity index (χ0n) is 23.8. The lowest BCUT2D eigenvalue weighted by Gasteiger charge is -2.36. The van der Waals surface area contributed by atoms with Crippen molar-refractivity contribution in [3.8, 4) is 0 Å². The number of benzene rings is 1. The first-order valence-corrected chi connectivity index (χ1v) is 14.2. The molecule has 1 aliphatic rings. The van der Waals surface area contributed by atoms with E-state index in [0.29, 0.717) is 13.0 Å². The third-order valence-corrected chi connectivity index (χ3v) is 6.61. The quantitative estimate of drug-likeness (QED) is 0.328. The minimum Gasteiger partial charge on any atom is -0.444 e. The fourth-order valence-electron chi connectivity index (χ4n) is 4.88. The molecule has 0 radical (unpaired) electrons. The molecule has 2 unspecified atom stereocenters. The van der Waals surface area contributed by atoms with Crippen LogP contribution >= 0.6 is 0 Å². The van der Waals surface area contributed by atoms with Crippen LogP contribution in [0.15, 0.2) is 30.3 Å². The van der Waals surface area contributed by atoms with E-state index in [4.69, 9.17) is 4.74 Å². The maximum Gasteiger partial charge on any atom is 0.408 e. The van der Waals surface area contributed by atoms with Crippen LogP contribution in [0.25, 0.3) is 0 Å². The molecule has 0 saturated heterocycles. The number of nitrogens with zero attached hydrogens (tertiary/aromatic N) is 1. The number of amides is 3. The monoisotopic (exact) mass is 515 g/mol. The maximum atomic E-state index is 14.2. The molecule has 7 heteroatoms. The second kappa shape index (κ2) is 15.0. The summed E-state index contributed by atoms with van der Waals surface area (Å²) in [6.45, 7) is 12.0. The Kier molecular flexibility index (Phi) is 12.4. The van der Waals surface area contributed by atoms with E-state index >= 15 is 0 Å². The van der Waals surface area contributed by atoms with Crippen molar-refractivity contribution >= 4 is 17.9 Å². The largest absolute Gasteiger partial charge is 0.444 e. The molecule has 1 aliphatic carbocycles. The van der Waals surface area contributed by atoms with Crippen LogP contribution in [0.5, 0.6) is 0 Å². The number of carbonyl (C=O) groups excluding carboxylic acids is 3. The Morgan fingerprint density at radius 1 is 1.03 bits per heavy atom. The number of nitrogens with one attached hydrogen (secondary N) is 2. The molecule has 7 nitrogen and oxygen atoms in total. The van der Waals surface area contributed by atoms with Crippen molar-refractivity contribution in [2.45, 2.75) is 123 Å². The molecule has 2 atom stereocenters. The zero-order valence-corrected chi connectivity index (χ0v) is 23.8. The zero-order chi connectivity index (χ0) is 27.4. The molecule has 0 aromatic heterocycles. The highest BCUT2D eigenvalue weighted by Gasteiger charge is 2.37. The fourth-order valence-corrected chi connectivity index (χ4v) is 4.88. The number of hydrogen-bond donors (Lipinski definition) is 2. The van der Waals surface area contributed by atoms with Crippen molar-refractivity contribution in [1.29, 1.82) is 0 Å². The van der Waals surface area contributed by atoms with Gasteiger partial charge in [-0.05, 0) is 57.9 Å². The van der Waals surface area contributed by atoms with E-state index in [-0.39, 0.29) is 23.8 Å². The van der Waals surface area contributed by atoms with Crippen LogP contribution < -0.4 is 10.6 Å². The van der Waals surface area contributed by atoms with Crippen molar-refractivity contribution in [3.05, 3.63) is 35.9 Å². The Morgan fingerprint density at radius 2 is 1.68 bits per heavy atom. The van der Waals surface area contributed by atoms with Crippen LogP contribution in [0, 0.1) is 5.92 Å². The Bertz CT molecular complexity index is 844. The SMILES string of the molecule is CCCCCN(C(=O)C(CC(C)C)NC(=O)OC(C)(C)C)C(C(=O)NC1CCCCC1)c1ccccc1. The molecule has 1 fully saturated rings. The lowest BCUT2D eigenvalue weighted by molar-refractivity contribution is -0.143. The number of unbranched alkanes of at least 4 members (excludes halogenated alkanes) is 2. The third-order valence-electron chi connectivity index (χ3n) is 6.61. The molecular weight excluding hydrogens is 466 g/mol. The summed E-state index contributed by atoms with van der Waals surface area (Å²) in [5.74, 6) is -0.237. The van der Waals surface area contributed by atoms with Crippen LogP contribution in [0.3, 0.4) is 0 Å². The van der Waals surface area contributed by atoms with Gasteiger partial charge in [0, 0.05) is 12.6 Å². The van der Waals surface area contributed by atoms with E-state index in [1.807, 2.05) is 44.2 Å². The van der Waals surface area contributed by atoms with Gasteiger partial charge in [0.15, 0.2) is 0 Å². The Labute approximate surface area is 224 Å². The topological polar surface area (TPSA) is 87.7 Å². The van der Waals surface area contributed by atoms with E-state index in [1.165, 1.54) is 6.42 Å². The molecule has 1 aromatic rings. The molecule has 0 bridgehead atoms. The number of carbonyl (C=O) groups is 3. The Morgan fingerprint density at radius 3 is 2.24 bits per heavy atom. The average molecular weight is 516 g/mol. The third kappa shape index (κ3) is 10.7. The lowest BCUT2D eigenvalue weighted by Crippen LogP contribution is -2.54. The van der Waals surface area contributed by atoms with Gasteiger partial charge in [-0.15, -0.1) is 0 Å². The van der Waals surface area contributed by atoms with E-state index in [1.54, 1.807) is 25.7 Å². The molecule has 0 heterocycles. The first-order chi connectivity index (χ1) is 17.5. The number of ether oxygens (including phenoxy) is 1. The first kappa shape index (κ1) is 30.7. The van der Waals surface area contributed by atoms with E-state index in [9.17, 15) is 14.4 Å². The first-order valence-electron chi connectivity index (χ1n) is 14.2. The summed E-state index contributed by atoms with van der Waals surface area (Å²) in [4.78, 5) is 42.4. The van der Waals surface area contributed by atoms with Gasteiger partial charge in [-0.2, -0.15) is 0 Å². The molecule has 1 saturated carbocycles. The summed E-state index contributed by atoms with van der Waals surface area (Å²) in [5, 5.41) is 6.07. The average Bonchev–Trinajstić information content (AvgIpc) is 2.82. The number of alkyl carbamates (subject to hydrolysis) is 1. The van der Waals surface area contributed by atoms with Gasteiger partial charge in [0.05, 0.1) is 0 Å². The molecule has 0 aliphatic heterocycles. The van der Waals surface area contributed by atoms with Gasteiger partial charge >= 0.3 is 6.09 Å². The predicted molar refractivity (Wildman–Crippen MR) is 148 cm³/mol. The van der Waals surface area contributed by atoms with Gasteiger partial charge < -0.3 is 20.3 Å². The molecule has 208 valence electrons. The van der Waals surface area contributed by atoms with Crippen molar-refractivity contribution in [2.75, 3.05) is 6.54 Å². The van der Waals surface area contributed by atoms with Crippen molar-refractivity contribution < 1.29 is 19.1 Å². The number of hydrogen-bond acceptors (Lipinski definition) is 4. The van der Waals surface area contributed by atoms with E-state index in [0.717, 1.165) is 50.5 Å². The minimum absolute atomic E-state index is 0.131. The number of rotatable bonds is 12. The molecule has 3 amide bonds. The van der Waals surface area contributed by atoms with Gasteiger partial charge in [0.25, 0.3) is 0 Å². The van der Waals surface area contributed by atoms with E-state index in [2.05, 4.69) is 17.6 Å². The van der Waals surface area contributed by atoms with Crippen molar-refractivity contribution in [3.63, 3.8) is 0 Å². The Hall–Kier alpha value is -2.57. The second-order valence-electron chi connectivity index (χ2n) is 11.7. The van der Waals surface area contributed by atoms with Gasteiger partial charge in [-0.3, -0.25) is 9.59 Å². The minimum atomic E-state index is -0.787. The van der Waals surface area contributed by atoms with Crippen LogP contribution in [0.4, 0.5) is 4.79 Å². The maximum absolute atomic E-state index is 14.2. The summed E-state index contributed by atoms with van der Waals surface area (Å²) in [6.07, 6.45) is 7.90. The normalized spacial score (nSPS) is 16.1. The lowest BCUT2D eigenvalue weighted by atomic mass is 9.94. The molecule has 0 spiro atoms. The molecule has 2 N–H and O–H groups in total. The smallest absolute Gasteiger partial charge is 0.408 e. The second-order valence-corrected chi connectivity index (χ2v) is 11.7. The van der Waals surface area contributed by atoms with Gasteiger partial charge in [-0.25, -0.2) is 4.79 Å². The van der Waals surface area contributed by atoms with Crippen molar-refractivity contribution in [2.24, 2.45) is 5.92 Å². The highest BCUT2D eigenvalue weighted by molar-refractivity contribution is 5.92. The van der Waals surface area contributed by atoms with Crippen molar-refractivity contribution in [1.82, 2.24) is 15.5 Å². The summed E-state index contributed by atoms with van der Waals surface area (Å²) >= 11 is 0. The molecule has 2 rings (SSSR count). The van der Waals surface area contributed by atoms with Crippen LogP contribution in [-0.2, 0) is 14.3 Å². The standard InChI is InChI=1S/C30H49N3O4/c1-7-8-15-20-33(28(35)25(21-22(2)3)32-29(36)37-30(4,5)6)26(23-16-11-9-12-17-23)27(34)31-24-18-13-10-14-19-24/h9,11-12,16-17,22,24-26H,7-8,10,13-15,18-21H2,1-6H3,(H,31,34)(H,32,36). The molecule has 37 heavy (non-hydrogen) atoms. The fraction of sp³-hybridized carbons (Fsp3) is 0.700. The van der Waals surface area contributed by atoms with Crippen LogP contribution in [-0.4, -0.2) is 47.0 Å². The van der Waals surface area contributed by atoms with Gasteiger partial charge in [0.2, 0.25) is 11.8 Å². The predicted octanol–water partition coefficient (Wildman–Crippen LogP) is 6.13. The highest BCUT2D eigenvalue weighted by atomic mass is 16.6. The molecule has 1 aromatic carbocycles. The summed E-state index contributed by atoms with van der Waals surface area (Å²) < 4.78 is 5.47. The Balaban J connectivity index is 2.41. The van der Waals surface area contributed by atoms with Crippen LogP contribution in [0.1, 0.15) is 111 Å². The summed E-state index contributed by atoms with van der Waals surface area (Å²) in [5.41, 5.74) is 0.101. The summed E-state index contributed by atoms with van der Waals surface area (Å²) in [6, 6.07) is 8.10. The van der Waals surface area contributed by atoms with Gasteiger partial charge in [-0.1, -0.05) is 83.2 Å². The highest BCUT2D eigenvalue weighted by Crippen LogP contribution is 2.26. The molecular formula is C30H49N3O4. The summed E-state index contributed by atoms with van der Waals surface area (Å²) in [7, 11) is 0. The van der Waals surface area contributed by atoms with Gasteiger partial charge in [0.1, 0.15) is 17.7 Å².